The van der Waals surface area contributed by atoms with Gasteiger partial charge in [-0.1, -0.05) is 0 Å². The number of amides is 1. The second-order valence-electron chi connectivity index (χ2n) is 6.17. The van der Waals surface area contributed by atoms with Crippen molar-refractivity contribution in [3.8, 4) is 11.9 Å². The quantitative estimate of drug-likeness (QED) is 0.828. The molecule has 2 aromatic rings. The van der Waals surface area contributed by atoms with Crippen LogP contribution in [-0.4, -0.2) is 52.6 Å². The van der Waals surface area contributed by atoms with Gasteiger partial charge in [0.1, 0.15) is 5.56 Å². The number of methoxy groups -OCH3 is 1. The van der Waals surface area contributed by atoms with Crippen LogP contribution < -0.4 is 9.47 Å². The van der Waals surface area contributed by atoms with Gasteiger partial charge in [0.05, 0.1) is 13.7 Å². The van der Waals surface area contributed by atoms with Gasteiger partial charge in [-0.25, -0.2) is 15.0 Å². The highest BCUT2D eigenvalue weighted by molar-refractivity contribution is 5.96. The van der Waals surface area contributed by atoms with Crippen molar-refractivity contribution in [1.29, 1.82) is 0 Å². The molecule has 1 aliphatic rings. The van der Waals surface area contributed by atoms with Crippen LogP contribution in [0.4, 0.5) is 0 Å². The Kier molecular flexibility index (Phi) is 5.42. The molecule has 0 N–H and O–H groups in total. The molecule has 1 aliphatic heterocycles. The Labute approximate surface area is 147 Å². The fourth-order valence-electron chi connectivity index (χ4n) is 2.92. The Morgan fingerprint density at radius 1 is 1.32 bits per heavy atom. The van der Waals surface area contributed by atoms with Crippen molar-refractivity contribution in [3.05, 3.63) is 41.9 Å². The molecule has 3 heterocycles. The van der Waals surface area contributed by atoms with Crippen molar-refractivity contribution >= 4 is 5.91 Å². The van der Waals surface area contributed by atoms with Crippen molar-refractivity contribution in [1.82, 2.24) is 19.9 Å². The molecule has 0 aromatic carbocycles. The minimum absolute atomic E-state index is 0.0544. The van der Waals surface area contributed by atoms with Gasteiger partial charge in [-0.2, -0.15) is 0 Å². The third-order valence-corrected chi connectivity index (χ3v) is 4.21. The summed E-state index contributed by atoms with van der Waals surface area (Å²) < 4.78 is 10.9. The van der Waals surface area contributed by atoms with Crippen LogP contribution in [0.3, 0.4) is 0 Å². The number of aromatic nitrogens is 3. The van der Waals surface area contributed by atoms with Gasteiger partial charge in [0.15, 0.2) is 0 Å². The van der Waals surface area contributed by atoms with Crippen molar-refractivity contribution in [2.24, 2.45) is 5.92 Å². The van der Waals surface area contributed by atoms with Gasteiger partial charge in [-0.05, 0) is 37.5 Å². The van der Waals surface area contributed by atoms with Crippen LogP contribution in [0.25, 0.3) is 0 Å². The average Bonchev–Trinajstić information content (AvgIpc) is 2.67. The number of pyridine rings is 1. The van der Waals surface area contributed by atoms with E-state index in [4.69, 9.17) is 9.47 Å². The minimum atomic E-state index is -0.0544. The van der Waals surface area contributed by atoms with E-state index in [9.17, 15) is 4.79 Å². The Morgan fingerprint density at radius 2 is 2.12 bits per heavy atom. The zero-order chi connectivity index (χ0) is 17.6. The molecule has 1 amide bonds. The number of piperidine rings is 1. The van der Waals surface area contributed by atoms with Gasteiger partial charge in [-0.3, -0.25) is 4.79 Å². The van der Waals surface area contributed by atoms with Crippen LogP contribution in [0.2, 0.25) is 0 Å². The first-order valence-corrected chi connectivity index (χ1v) is 8.37. The molecular weight excluding hydrogens is 320 g/mol. The van der Waals surface area contributed by atoms with Crippen molar-refractivity contribution < 1.29 is 14.3 Å². The highest BCUT2D eigenvalue weighted by Crippen LogP contribution is 2.22. The van der Waals surface area contributed by atoms with Crippen LogP contribution >= 0.6 is 0 Å². The predicted molar refractivity (Wildman–Crippen MR) is 91.7 cm³/mol. The highest BCUT2D eigenvalue weighted by atomic mass is 16.5. The van der Waals surface area contributed by atoms with E-state index in [0.29, 0.717) is 30.6 Å². The maximum atomic E-state index is 12.8. The minimum Gasteiger partial charge on any atom is -0.480 e. The van der Waals surface area contributed by atoms with Gasteiger partial charge in [-0.15, -0.1) is 0 Å². The number of nitrogens with zero attached hydrogens (tertiary/aromatic N) is 4. The monoisotopic (exact) mass is 342 g/mol. The third kappa shape index (κ3) is 4.23. The van der Waals surface area contributed by atoms with Crippen LogP contribution in [-0.2, 0) is 0 Å². The van der Waals surface area contributed by atoms with E-state index in [1.54, 1.807) is 30.7 Å². The third-order valence-electron chi connectivity index (χ3n) is 4.21. The van der Waals surface area contributed by atoms with E-state index in [-0.39, 0.29) is 11.8 Å². The summed E-state index contributed by atoms with van der Waals surface area (Å²) in [6.45, 7) is 3.80. The lowest BCUT2D eigenvalue weighted by Crippen LogP contribution is -2.41. The molecule has 132 valence electrons. The number of rotatable bonds is 5. The van der Waals surface area contributed by atoms with E-state index in [2.05, 4.69) is 15.0 Å². The number of carbonyl (C=O) groups is 1. The number of likely N-dealkylation sites (tertiary alicyclic amines) is 1. The van der Waals surface area contributed by atoms with Gasteiger partial charge in [0.25, 0.3) is 5.91 Å². The molecule has 0 radical (unpaired) electrons. The summed E-state index contributed by atoms with van der Waals surface area (Å²) in [5, 5.41) is 0. The summed E-state index contributed by atoms with van der Waals surface area (Å²) in [4.78, 5) is 27.0. The van der Waals surface area contributed by atoms with Gasteiger partial charge in [0, 0.05) is 37.6 Å². The predicted octanol–water partition coefficient (Wildman–Crippen LogP) is 2.12. The summed E-state index contributed by atoms with van der Waals surface area (Å²) in [6.07, 6.45) is 7.03. The largest absolute Gasteiger partial charge is 0.480 e. The molecule has 7 nitrogen and oxygen atoms in total. The Morgan fingerprint density at radius 3 is 2.88 bits per heavy atom. The normalized spacial score (nSPS) is 17.2. The molecule has 7 heteroatoms. The topological polar surface area (TPSA) is 77.4 Å². The van der Waals surface area contributed by atoms with Gasteiger partial charge in [0.2, 0.25) is 5.88 Å². The molecule has 0 aliphatic carbocycles. The first kappa shape index (κ1) is 17.1. The zero-order valence-electron chi connectivity index (χ0n) is 14.5. The SMILES string of the molecule is COc1ncccc1C(=O)N1CCCC(COc2ncc(C)cn2)C1. The Hall–Kier alpha value is -2.70. The smallest absolute Gasteiger partial charge is 0.316 e. The number of carbonyl (C=O) groups excluding carboxylic acids is 1. The molecule has 25 heavy (non-hydrogen) atoms. The van der Waals surface area contributed by atoms with E-state index in [1.165, 1.54) is 7.11 Å². The molecule has 0 saturated carbocycles. The lowest BCUT2D eigenvalue weighted by atomic mass is 9.98. The van der Waals surface area contributed by atoms with Crippen LogP contribution in [0.5, 0.6) is 11.9 Å². The van der Waals surface area contributed by atoms with Crippen LogP contribution in [0.1, 0.15) is 28.8 Å². The number of ether oxygens (including phenoxy) is 2. The number of aryl methyl sites for hydroxylation is 1. The fourth-order valence-corrected chi connectivity index (χ4v) is 2.92. The number of hydrogen-bond donors (Lipinski definition) is 0. The van der Waals surface area contributed by atoms with Crippen molar-refractivity contribution in [3.63, 3.8) is 0 Å². The zero-order valence-corrected chi connectivity index (χ0v) is 14.5. The molecular formula is C18H22N4O3. The Balaban J connectivity index is 1.60. The summed E-state index contributed by atoms with van der Waals surface area (Å²) in [5.74, 6) is 0.561. The lowest BCUT2D eigenvalue weighted by molar-refractivity contribution is 0.0624. The first-order valence-electron chi connectivity index (χ1n) is 8.37. The Bertz CT molecular complexity index is 721. The van der Waals surface area contributed by atoms with E-state index in [1.807, 2.05) is 11.8 Å². The second kappa shape index (κ2) is 7.92. The summed E-state index contributed by atoms with van der Waals surface area (Å²) in [7, 11) is 1.52. The van der Waals surface area contributed by atoms with Crippen molar-refractivity contribution in [2.75, 3.05) is 26.8 Å². The number of hydrogen-bond acceptors (Lipinski definition) is 6. The first-order chi connectivity index (χ1) is 12.2. The molecule has 0 spiro atoms. The standard InChI is InChI=1S/C18H22N4O3/c1-13-9-20-18(21-10-13)25-12-14-5-4-8-22(11-14)17(23)15-6-3-7-19-16(15)24-2/h3,6-7,9-10,14H,4-5,8,11-12H2,1-2H3. The van der Waals surface area contributed by atoms with E-state index >= 15 is 0 Å². The molecule has 0 bridgehead atoms. The molecule has 1 atom stereocenters. The second-order valence-corrected chi connectivity index (χ2v) is 6.17. The molecule has 1 unspecified atom stereocenters. The summed E-state index contributed by atoms with van der Waals surface area (Å²) >= 11 is 0. The summed E-state index contributed by atoms with van der Waals surface area (Å²) in [5.41, 5.74) is 1.49. The molecule has 3 rings (SSSR count). The van der Waals surface area contributed by atoms with Crippen LogP contribution in [0.15, 0.2) is 30.7 Å². The average molecular weight is 342 g/mol. The molecule has 1 saturated heterocycles. The molecule has 2 aromatic heterocycles. The van der Waals surface area contributed by atoms with Crippen LogP contribution in [0, 0.1) is 12.8 Å². The van der Waals surface area contributed by atoms with Gasteiger partial charge >= 0.3 is 6.01 Å². The molecule has 1 fully saturated rings. The lowest BCUT2D eigenvalue weighted by Gasteiger charge is -2.32. The van der Waals surface area contributed by atoms with Crippen molar-refractivity contribution in [2.45, 2.75) is 19.8 Å². The summed E-state index contributed by atoms with van der Waals surface area (Å²) in [6, 6.07) is 3.87. The van der Waals surface area contributed by atoms with E-state index < -0.39 is 0 Å². The van der Waals surface area contributed by atoms with Gasteiger partial charge < -0.3 is 14.4 Å². The maximum absolute atomic E-state index is 12.8. The highest BCUT2D eigenvalue weighted by Gasteiger charge is 2.27. The maximum Gasteiger partial charge on any atom is 0.316 e. The fraction of sp³-hybridized carbons (Fsp3) is 0.444. The van der Waals surface area contributed by atoms with E-state index in [0.717, 1.165) is 24.9 Å².